The number of likely N-dealkylation sites (tertiary alicyclic amines) is 1. The maximum atomic E-state index is 11.4. The number of sulfone groups is 1. The number of nitrogens with zero attached hydrogens (tertiary/aromatic N) is 1. The van der Waals surface area contributed by atoms with Gasteiger partial charge in [-0.15, -0.1) is 0 Å². The predicted molar refractivity (Wildman–Crippen MR) is 65.3 cm³/mol. The highest BCUT2D eigenvalue weighted by Crippen LogP contribution is 2.18. The van der Waals surface area contributed by atoms with Crippen LogP contribution in [0.3, 0.4) is 0 Å². The van der Waals surface area contributed by atoms with Crippen LogP contribution in [0.5, 0.6) is 0 Å². The van der Waals surface area contributed by atoms with Crippen LogP contribution < -0.4 is 5.32 Å². The largest absolute Gasteiger partial charge is 0.310 e. The summed E-state index contributed by atoms with van der Waals surface area (Å²) in [5, 5.41) is 3.52. The van der Waals surface area contributed by atoms with E-state index in [1.165, 1.54) is 0 Å². The van der Waals surface area contributed by atoms with E-state index in [0.717, 1.165) is 25.8 Å². The molecule has 0 radical (unpaired) electrons. The Bertz CT molecular complexity index is 342. The van der Waals surface area contributed by atoms with Crippen molar-refractivity contribution in [2.45, 2.75) is 44.3 Å². The van der Waals surface area contributed by atoms with Crippen molar-refractivity contribution in [3.8, 4) is 0 Å². The minimum atomic E-state index is -2.74. The monoisotopic (exact) mass is 246 g/mol. The van der Waals surface area contributed by atoms with Crippen LogP contribution >= 0.6 is 0 Å². The van der Waals surface area contributed by atoms with Gasteiger partial charge in [-0.1, -0.05) is 0 Å². The lowest BCUT2D eigenvalue weighted by atomic mass is 9.98. The van der Waals surface area contributed by atoms with Gasteiger partial charge >= 0.3 is 0 Å². The van der Waals surface area contributed by atoms with Gasteiger partial charge in [-0.2, -0.15) is 0 Å². The third kappa shape index (κ3) is 2.96. The van der Waals surface area contributed by atoms with Crippen molar-refractivity contribution in [3.05, 3.63) is 0 Å². The van der Waals surface area contributed by atoms with Gasteiger partial charge in [0.05, 0.1) is 11.5 Å². The molecule has 3 atom stereocenters. The van der Waals surface area contributed by atoms with Crippen molar-refractivity contribution in [1.82, 2.24) is 10.2 Å². The van der Waals surface area contributed by atoms with Crippen LogP contribution in [0.15, 0.2) is 0 Å². The van der Waals surface area contributed by atoms with E-state index in [0.29, 0.717) is 23.6 Å². The normalized spacial score (nSPS) is 40.0. The SMILES string of the molecule is CC1CC(NC2CCS(=O)(=O)C2)CCN1C. The number of hydrogen-bond acceptors (Lipinski definition) is 4. The Morgan fingerprint density at radius 1 is 1.25 bits per heavy atom. The fourth-order valence-corrected chi connectivity index (χ4v) is 4.39. The molecule has 2 rings (SSSR count). The Hall–Kier alpha value is -0.130. The van der Waals surface area contributed by atoms with Gasteiger partial charge in [0.1, 0.15) is 0 Å². The second kappa shape index (κ2) is 4.63. The van der Waals surface area contributed by atoms with Crippen LogP contribution in [0.4, 0.5) is 0 Å². The zero-order valence-corrected chi connectivity index (χ0v) is 11.0. The molecule has 0 spiro atoms. The van der Waals surface area contributed by atoms with E-state index < -0.39 is 9.84 Å². The van der Waals surface area contributed by atoms with Gasteiger partial charge in [0.25, 0.3) is 0 Å². The number of rotatable bonds is 2. The van der Waals surface area contributed by atoms with Gasteiger partial charge in [0, 0.05) is 18.1 Å². The van der Waals surface area contributed by atoms with Crippen LogP contribution in [-0.2, 0) is 9.84 Å². The van der Waals surface area contributed by atoms with E-state index in [4.69, 9.17) is 0 Å². The van der Waals surface area contributed by atoms with E-state index in [2.05, 4.69) is 24.2 Å². The van der Waals surface area contributed by atoms with Crippen LogP contribution in [0.25, 0.3) is 0 Å². The Morgan fingerprint density at radius 2 is 2.00 bits per heavy atom. The van der Waals surface area contributed by atoms with E-state index in [9.17, 15) is 8.42 Å². The first kappa shape index (κ1) is 12.3. The molecular formula is C11H22N2O2S. The highest BCUT2D eigenvalue weighted by atomic mass is 32.2. The molecule has 0 saturated carbocycles. The standard InChI is InChI=1S/C11H22N2O2S/c1-9-7-10(3-5-13(9)2)12-11-4-6-16(14,15)8-11/h9-12H,3-8H2,1-2H3. The first-order valence-corrected chi connectivity index (χ1v) is 7.95. The maximum Gasteiger partial charge on any atom is 0.151 e. The zero-order valence-electron chi connectivity index (χ0n) is 10.1. The summed E-state index contributed by atoms with van der Waals surface area (Å²) < 4.78 is 22.7. The highest BCUT2D eigenvalue weighted by Gasteiger charge is 2.31. The average molecular weight is 246 g/mol. The van der Waals surface area contributed by atoms with Crippen molar-refractivity contribution in [1.29, 1.82) is 0 Å². The van der Waals surface area contributed by atoms with Gasteiger partial charge in [-0.3, -0.25) is 0 Å². The van der Waals surface area contributed by atoms with Crippen LogP contribution in [0.2, 0.25) is 0 Å². The fourth-order valence-electron chi connectivity index (χ4n) is 2.70. The average Bonchev–Trinajstić information content (AvgIpc) is 2.52. The molecule has 94 valence electrons. The third-order valence-corrected chi connectivity index (χ3v) is 5.68. The molecule has 2 saturated heterocycles. The Balaban J connectivity index is 1.83. The molecule has 2 fully saturated rings. The quantitative estimate of drug-likeness (QED) is 0.758. The molecular weight excluding hydrogens is 224 g/mol. The number of piperidine rings is 1. The molecule has 5 heteroatoms. The molecule has 2 aliphatic heterocycles. The summed E-state index contributed by atoms with van der Waals surface area (Å²) in [6, 6.07) is 1.30. The second-order valence-corrected chi connectivity index (χ2v) is 7.55. The smallest absolute Gasteiger partial charge is 0.151 e. The predicted octanol–water partition coefficient (Wildman–Crippen LogP) is 0.246. The summed E-state index contributed by atoms with van der Waals surface area (Å²) in [7, 11) is -0.590. The Kier molecular flexibility index (Phi) is 3.56. The summed E-state index contributed by atoms with van der Waals surface area (Å²) in [6.45, 7) is 3.34. The van der Waals surface area contributed by atoms with Crippen molar-refractivity contribution in [3.63, 3.8) is 0 Å². The summed E-state index contributed by atoms with van der Waals surface area (Å²) in [4.78, 5) is 2.36. The lowest BCUT2D eigenvalue weighted by molar-refractivity contribution is 0.164. The minimum absolute atomic E-state index is 0.200. The molecule has 0 aromatic carbocycles. The zero-order chi connectivity index (χ0) is 11.8. The maximum absolute atomic E-state index is 11.4. The van der Waals surface area contributed by atoms with Crippen molar-refractivity contribution < 1.29 is 8.42 Å². The van der Waals surface area contributed by atoms with E-state index >= 15 is 0 Å². The molecule has 4 nitrogen and oxygen atoms in total. The van der Waals surface area contributed by atoms with Crippen molar-refractivity contribution >= 4 is 9.84 Å². The van der Waals surface area contributed by atoms with Crippen LogP contribution in [0.1, 0.15) is 26.2 Å². The molecule has 1 N–H and O–H groups in total. The highest BCUT2D eigenvalue weighted by molar-refractivity contribution is 7.91. The van der Waals surface area contributed by atoms with Crippen LogP contribution in [0, 0.1) is 0 Å². The molecule has 0 aromatic heterocycles. The Morgan fingerprint density at radius 3 is 2.56 bits per heavy atom. The summed E-state index contributed by atoms with van der Waals surface area (Å²) in [6.07, 6.45) is 3.06. The van der Waals surface area contributed by atoms with Gasteiger partial charge in [0.15, 0.2) is 9.84 Å². The first-order valence-electron chi connectivity index (χ1n) is 6.13. The van der Waals surface area contributed by atoms with Gasteiger partial charge in [0.2, 0.25) is 0 Å². The number of hydrogen-bond donors (Lipinski definition) is 1. The lowest BCUT2D eigenvalue weighted by Crippen LogP contribution is -2.48. The van der Waals surface area contributed by atoms with E-state index in [1.54, 1.807) is 0 Å². The molecule has 0 aliphatic carbocycles. The summed E-state index contributed by atoms with van der Waals surface area (Å²) in [5.41, 5.74) is 0. The molecule has 2 aliphatic rings. The first-order chi connectivity index (χ1) is 7.46. The molecule has 16 heavy (non-hydrogen) atoms. The Labute approximate surface area is 98.3 Å². The molecule has 0 amide bonds. The second-order valence-electron chi connectivity index (χ2n) is 5.32. The molecule has 0 aromatic rings. The summed E-state index contributed by atoms with van der Waals surface area (Å²) in [5.74, 6) is 0.709. The van der Waals surface area contributed by atoms with Crippen molar-refractivity contribution in [2.24, 2.45) is 0 Å². The number of nitrogens with one attached hydrogen (secondary N) is 1. The molecule has 3 unspecified atom stereocenters. The van der Waals surface area contributed by atoms with Gasteiger partial charge in [-0.05, 0) is 39.8 Å². The molecule has 2 heterocycles. The van der Waals surface area contributed by atoms with Gasteiger partial charge < -0.3 is 10.2 Å². The van der Waals surface area contributed by atoms with E-state index in [1.807, 2.05) is 0 Å². The fraction of sp³-hybridized carbons (Fsp3) is 1.00. The third-order valence-electron chi connectivity index (χ3n) is 3.91. The van der Waals surface area contributed by atoms with Gasteiger partial charge in [-0.25, -0.2) is 8.42 Å². The lowest BCUT2D eigenvalue weighted by Gasteiger charge is -2.36. The molecule has 0 bridgehead atoms. The summed E-state index contributed by atoms with van der Waals surface area (Å²) >= 11 is 0. The minimum Gasteiger partial charge on any atom is -0.310 e. The topological polar surface area (TPSA) is 49.4 Å². The van der Waals surface area contributed by atoms with Crippen molar-refractivity contribution in [2.75, 3.05) is 25.1 Å². The van der Waals surface area contributed by atoms with E-state index in [-0.39, 0.29) is 6.04 Å². The van der Waals surface area contributed by atoms with Crippen LogP contribution in [-0.4, -0.2) is 56.5 Å².